The number of hydrogen-bond acceptors (Lipinski definition) is 7. The van der Waals surface area contributed by atoms with Crippen molar-refractivity contribution in [2.75, 3.05) is 31.1 Å². The van der Waals surface area contributed by atoms with Gasteiger partial charge in [-0.1, -0.05) is 11.2 Å². The second-order valence-corrected chi connectivity index (χ2v) is 7.10. The van der Waals surface area contributed by atoms with E-state index in [1.54, 1.807) is 11.3 Å². The zero-order valence-electron chi connectivity index (χ0n) is 14.2. The van der Waals surface area contributed by atoms with E-state index in [0.29, 0.717) is 37.2 Å². The van der Waals surface area contributed by atoms with Gasteiger partial charge in [0.05, 0.1) is 17.0 Å². The lowest BCUT2D eigenvalue weighted by Gasteiger charge is -2.34. The fourth-order valence-corrected chi connectivity index (χ4v) is 3.54. The molecule has 1 saturated heterocycles. The van der Waals surface area contributed by atoms with E-state index in [1.807, 2.05) is 22.4 Å². The lowest BCUT2D eigenvalue weighted by Crippen LogP contribution is -2.46. The van der Waals surface area contributed by atoms with Crippen LogP contribution in [-0.2, 0) is 12.7 Å². The van der Waals surface area contributed by atoms with Gasteiger partial charge in [0.15, 0.2) is 0 Å². The normalized spacial score (nSPS) is 16.0. The molecule has 4 rings (SSSR count). The average Bonchev–Trinajstić information content (AvgIpc) is 3.33. The number of piperazine rings is 1. The molecule has 4 heterocycles. The number of hydrogen-bond donors (Lipinski definition) is 0. The van der Waals surface area contributed by atoms with Gasteiger partial charge in [0.1, 0.15) is 5.82 Å². The molecule has 3 aromatic rings. The number of halogens is 3. The number of aromatic nitrogens is 3. The van der Waals surface area contributed by atoms with Crippen LogP contribution in [0.25, 0.3) is 10.7 Å². The monoisotopic (exact) mass is 395 g/mol. The summed E-state index contributed by atoms with van der Waals surface area (Å²) in [5.74, 6) is 1.70. The van der Waals surface area contributed by atoms with Crippen LogP contribution in [-0.4, -0.2) is 46.2 Å². The van der Waals surface area contributed by atoms with Gasteiger partial charge in [-0.2, -0.15) is 18.2 Å². The first-order valence-corrected chi connectivity index (χ1v) is 9.24. The highest BCUT2D eigenvalue weighted by Gasteiger charge is 2.31. The Morgan fingerprint density at radius 1 is 1.11 bits per heavy atom. The van der Waals surface area contributed by atoms with E-state index in [2.05, 4.69) is 20.0 Å². The van der Waals surface area contributed by atoms with Crippen molar-refractivity contribution in [1.82, 2.24) is 20.0 Å². The summed E-state index contributed by atoms with van der Waals surface area (Å²) in [4.78, 5) is 13.5. The number of nitrogens with zero attached hydrogens (tertiary/aromatic N) is 5. The predicted octanol–water partition coefficient (Wildman–Crippen LogP) is 3.53. The number of thiophene rings is 1. The zero-order chi connectivity index (χ0) is 18.9. The second-order valence-electron chi connectivity index (χ2n) is 6.16. The van der Waals surface area contributed by atoms with Gasteiger partial charge >= 0.3 is 6.18 Å². The summed E-state index contributed by atoms with van der Waals surface area (Å²) in [6, 6.07) is 6.36. The number of alkyl halides is 3. The Morgan fingerprint density at radius 3 is 2.56 bits per heavy atom. The highest BCUT2D eigenvalue weighted by molar-refractivity contribution is 7.13. The molecule has 0 atom stereocenters. The van der Waals surface area contributed by atoms with Crippen LogP contribution in [0.5, 0.6) is 0 Å². The largest absolute Gasteiger partial charge is 0.417 e. The molecule has 3 aromatic heterocycles. The molecule has 0 radical (unpaired) electrons. The Morgan fingerprint density at radius 2 is 1.93 bits per heavy atom. The molecule has 0 spiro atoms. The van der Waals surface area contributed by atoms with Crippen LogP contribution in [0, 0.1) is 0 Å². The second kappa shape index (κ2) is 7.28. The maximum Gasteiger partial charge on any atom is 0.417 e. The van der Waals surface area contributed by atoms with Crippen molar-refractivity contribution in [3.63, 3.8) is 0 Å². The SMILES string of the molecule is FC(F)(F)c1ccc(N2CCN(Cc3nc(-c4cccs4)no3)CC2)nc1. The van der Waals surface area contributed by atoms with Gasteiger partial charge in [0.25, 0.3) is 0 Å². The average molecular weight is 395 g/mol. The van der Waals surface area contributed by atoms with Crippen molar-refractivity contribution >= 4 is 17.2 Å². The molecule has 27 heavy (non-hydrogen) atoms. The van der Waals surface area contributed by atoms with Crippen LogP contribution < -0.4 is 4.90 Å². The fraction of sp³-hybridized carbons (Fsp3) is 0.353. The van der Waals surface area contributed by atoms with Crippen LogP contribution in [0.2, 0.25) is 0 Å². The Balaban J connectivity index is 1.33. The van der Waals surface area contributed by atoms with E-state index < -0.39 is 11.7 Å². The minimum absolute atomic E-state index is 0.548. The number of pyridine rings is 1. The van der Waals surface area contributed by atoms with Crippen LogP contribution in [0.15, 0.2) is 40.4 Å². The molecule has 1 aliphatic heterocycles. The third-order valence-corrected chi connectivity index (χ3v) is 5.21. The maximum atomic E-state index is 12.6. The lowest BCUT2D eigenvalue weighted by molar-refractivity contribution is -0.137. The Kier molecular flexibility index (Phi) is 4.83. The van der Waals surface area contributed by atoms with E-state index in [4.69, 9.17) is 4.52 Å². The van der Waals surface area contributed by atoms with Gasteiger partial charge in [-0.05, 0) is 23.6 Å². The first-order chi connectivity index (χ1) is 13.0. The van der Waals surface area contributed by atoms with Crippen LogP contribution in [0.3, 0.4) is 0 Å². The molecule has 0 aromatic carbocycles. The summed E-state index contributed by atoms with van der Waals surface area (Å²) in [5, 5.41) is 5.96. The minimum atomic E-state index is -4.36. The number of rotatable bonds is 4. The zero-order valence-corrected chi connectivity index (χ0v) is 15.0. The maximum absolute atomic E-state index is 12.6. The highest BCUT2D eigenvalue weighted by Crippen LogP contribution is 2.29. The molecular weight excluding hydrogens is 379 g/mol. The predicted molar refractivity (Wildman–Crippen MR) is 94.3 cm³/mol. The van der Waals surface area contributed by atoms with Crippen LogP contribution in [0.4, 0.5) is 19.0 Å². The standard InChI is InChI=1S/C17H16F3N5OS/c18-17(19,20)12-3-4-14(21-10-12)25-7-5-24(6-8-25)11-15-22-16(23-26-15)13-2-1-9-27-13/h1-4,9-10H,5-8,11H2. The summed E-state index contributed by atoms with van der Waals surface area (Å²) in [5.41, 5.74) is -0.733. The molecular formula is C17H16F3N5OS. The molecule has 6 nitrogen and oxygen atoms in total. The number of anilines is 1. The lowest BCUT2D eigenvalue weighted by atomic mass is 10.2. The summed E-state index contributed by atoms with van der Waals surface area (Å²) in [6.07, 6.45) is -3.48. The van der Waals surface area contributed by atoms with Gasteiger partial charge in [0.2, 0.25) is 11.7 Å². The Hall–Kier alpha value is -2.46. The summed E-state index contributed by atoms with van der Waals surface area (Å²) < 4.78 is 43.2. The van der Waals surface area contributed by atoms with Gasteiger partial charge in [-0.25, -0.2) is 4.98 Å². The van der Waals surface area contributed by atoms with Gasteiger partial charge < -0.3 is 9.42 Å². The Labute approximate surface area is 157 Å². The molecule has 1 aliphatic rings. The topological polar surface area (TPSA) is 58.3 Å². The van der Waals surface area contributed by atoms with Crippen LogP contribution >= 0.6 is 11.3 Å². The molecule has 0 unspecified atom stereocenters. The van der Waals surface area contributed by atoms with Crippen molar-refractivity contribution in [1.29, 1.82) is 0 Å². The van der Waals surface area contributed by atoms with Crippen molar-refractivity contribution < 1.29 is 17.7 Å². The summed E-state index contributed by atoms with van der Waals surface area (Å²) >= 11 is 1.55. The molecule has 142 valence electrons. The summed E-state index contributed by atoms with van der Waals surface area (Å²) in [7, 11) is 0. The Bertz CT molecular complexity index is 871. The molecule has 0 bridgehead atoms. The molecule has 0 saturated carbocycles. The smallest absolute Gasteiger partial charge is 0.354 e. The van der Waals surface area contributed by atoms with E-state index in [1.165, 1.54) is 6.07 Å². The molecule has 1 fully saturated rings. The first kappa shape index (κ1) is 17.9. The van der Waals surface area contributed by atoms with E-state index in [0.717, 1.165) is 30.2 Å². The van der Waals surface area contributed by atoms with E-state index in [-0.39, 0.29) is 0 Å². The fourth-order valence-electron chi connectivity index (χ4n) is 2.89. The minimum Gasteiger partial charge on any atom is -0.354 e. The molecule has 0 N–H and O–H groups in total. The van der Waals surface area contributed by atoms with Crippen LogP contribution in [0.1, 0.15) is 11.5 Å². The summed E-state index contributed by atoms with van der Waals surface area (Å²) in [6.45, 7) is 3.36. The van der Waals surface area contributed by atoms with Gasteiger partial charge in [0, 0.05) is 32.4 Å². The molecule has 10 heteroatoms. The van der Waals surface area contributed by atoms with Gasteiger partial charge in [-0.3, -0.25) is 4.90 Å². The van der Waals surface area contributed by atoms with Gasteiger partial charge in [-0.15, -0.1) is 11.3 Å². The van der Waals surface area contributed by atoms with E-state index >= 15 is 0 Å². The quantitative estimate of drug-likeness (QED) is 0.674. The first-order valence-electron chi connectivity index (χ1n) is 8.36. The highest BCUT2D eigenvalue weighted by atomic mass is 32.1. The van der Waals surface area contributed by atoms with Crippen molar-refractivity contribution in [3.8, 4) is 10.7 Å². The van der Waals surface area contributed by atoms with Crippen molar-refractivity contribution in [2.24, 2.45) is 0 Å². The van der Waals surface area contributed by atoms with Crippen molar-refractivity contribution in [2.45, 2.75) is 12.7 Å². The van der Waals surface area contributed by atoms with Crippen molar-refractivity contribution in [3.05, 3.63) is 47.3 Å². The third kappa shape index (κ3) is 4.11. The third-order valence-electron chi connectivity index (χ3n) is 4.34. The molecule has 0 amide bonds. The molecule has 0 aliphatic carbocycles. The van der Waals surface area contributed by atoms with E-state index in [9.17, 15) is 13.2 Å².